The number of hydrogen-bond acceptors (Lipinski definition) is 3. The van der Waals surface area contributed by atoms with Crippen molar-refractivity contribution in [1.29, 1.82) is 0 Å². The van der Waals surface area contributed by atoms with Gasteiger partial charge >= 0.3 is 36.3 Å². The minimum atomic E-state index is -7.24. The minimum absolute atomic E-state index is 1.80. The molecule has 0 aromatic carbocycles. The van der Waals surface area contributed by atoms with E-state index in [1.165, 1.54) is 0 Å². The summed E-state index contributed by atoms with van der Waals surface area (Å²) in [6.07, 6.45) is -26.5. The second kappa shape index (κ2) is 6.36. The molecule has 0 fully saturated rings. The van der Waals surface area contributed by atoms with Crippen LogP contribution in [-0.2, 0) is 9.47 Å². The van der Waals surface area contributed by atoms with Gasteiger partial charge in [0, 0.05) is 0 Å². The summed E-state index contributed by atoms with van der Waals surface area (Å²) >= 11 is 0. The fourth-order valence-electron chi connectivity index (χ4n) is 0.891. The second-order valence-corrected chi connectivity index (χ2v) is 4.00. The van der Waals surface area contributed by atoms with Crippen LogP contribution in [0.2, 0.25) is 0 Å². The van der Waals surface area contributed by atoms with Gasteiger partial charge in [-0.05, 0) is 0 Å². The Morgan fingerprint density at radius 3 is 1.38 bits per heavy atom. The molecular weight excluding hydrogens is 391 g/mol. The number of aliphatic hydroxyl groups excluding tert-OH is 1. The Morgan fingerprint density at radius 2 is 1.08 bits per heavy atom. The van der Waals surface area contributed by atoms with E-state index in [9.17, 15) is 57.1 Å². The zero-order chi connectivity index (χ0) is 19.8. The van der Waals surface area contributed by atoms with Gasteiger partial charge in [-0.3, -0.25) is 4.74 Å². The third kappa shape index (κ3) is 4.75. The number of aliphatic hydroxyl groups is 1. The summed E-state index contributed by atoms with van der Waals surface area (Å²) in [4.78, 5) is 0. The molecular formula is C8H5F13O3. The summed E-state index contributed by atoms with van der Waals surface area (Å²) in [5.74, 6) is -13.1. The van der Waals surface area contributed by atoms with Gasteiger partial charge in [-0.1, -0.05) is 0 Å². The van der Waals surface area contributed by atoms with Crippen LogP contribution in [0.1, 0.15) is 0 Å². The first-order chi connectivity index (χ1) is 10.2. The Kier molecular flexibility index (Phi) is 6.09. The molecule has 24 heavy (non-hydrogen) atoms. The Labute approximate surface area is 122 Å². The first-order valence-electron chi connectivity index (χ1n) is 5.13. The van der Waals surface area contributed by atoms with E-state index in [1.807, 2.05) is 0 Å². The molecule has 0 aromatic heterocycles. The molecule has 0 rings (SSSR count). The van der Waals surface area contributed by atoms with Crippen LogP contribution in [-0.4, -0.2) is 54.7 Å². The lowest BCUT2D eigenvalue weighted by Crippen LogP contribution is -2.64. The largest absolute Gasteiger partial charge is 0.458 e. The van der Waals surface area contributed by atoms with Gasteiger partial charge in [0.15, 0.2) is 0 Å². The third-order valence-corrected chi connectivity index (χ3v) is 2.05. The van der Waals surface area contributed by atoms with Crippen molar-refractivity contribution in [3.8, 4) is 0 Å². The lowest BCUT2D eigenvalue weighted by atomic mass is 10.2. The second-order valence-electron chi connectivity index (χ2n) is 4.00. The first kappa shape index (κ1) is 23.0. The van der Waals surface area contributed by atoms with Gasteiger partial charge in [0.05, 0.1) is 0 Å². The molecule has 0 heterocycles. The molecule has 146 valence electrons. The standard InChI is InChI=1S/C8H5F13O3/c9-3(10,1-22)7(18,19)24-5(14,6(15,16)17)8(20,21)23-2-4(11,12)13/h22H,1-2H2. The molecule has 1 unspecified atom stereocenters. The lowest BCUT2D eigenvalue weighted by molar-refractivity contribution is -0.522. The van der Waals surface area contributed by atoms with Gasteiger partial charge in [0.25, 0.3) is 0 Å². The molecule has 3 nitrogen and oxygen atoms in total. The molecule has 16 heteroatoms. The molecule has 0 aliphatic heterocycles. The highest BCUT2D eigenvalue weighted by Crippen LogP contribution is 2.52. The molecule has 0 aliphatic carbocycles. The Morgan fingerprint density at radius 1 is 0.667 bits per heavy atom. The summed E-state index contributed by atoms with van der Waals surface area (Å²) < 4.78 is 165. The van der Waals surface area contributed by atoms with Gasteiger partial charge in [-0.25, -0.2) is 0 Å². The Balaban J connectivity index is 5.83. The van der Waals surface area contributed by atoms with E-state index in [0.29, 0.717) is 0 Å². The molecule has 1 atom stereocenters. The van der Waals surface area contributed by atoms with Crippen LogP contribution in [0, 0.1) is 0 Å². The Hall–Kier alpha value is -1.03. The summed E-state index contributed by atoms with van der Waals surface area (Å²) in [5.41, 5.74) is 0. The van der Waals surface area contributed by atoms with Crippen LogP contribution in [0.4, 0.5) is 57.1 Å². The highest BCUT2D eigenvalue weighted by Gasteiger charge is 2.79. The van der Waals surface area contributed by atoms with Crippen molar-refractivity contribution >= 4 is 0 Å². The number of rotatable bonds is 7. The van der Waals surface area contributed by atoms with Gasteiger partial charge in [0.1, 0.15) is 13.2 Å². The van der Waals surface area contributed by atoms with Crippen LogP contribution in [0.3, 0.4) is 0 Å². The lowest BCUT2D eigenvalue weighted by Gasteiger charge is -2.37. The zero-order valence-corrected chi connectivity index (χ0v) is 10.6. The zero-order valence-electron chi connectivity index (χ0n) is 10.6. The normalized spacial score (nSPS) is 17.8. The van der Waals surface area contributed by atoms with E-state index in [2.05, 4.69) is 4.74 Å². The topological polar surface area (TPSA) is 38.7 Å². The molecule has 0 amide bonds. The fraction of sp³-hybridized carbons (Fsp3) is 1.00. The van der Waals surface area contributed by atoms with E-state index >= 15 is 0 Å². The summed E-state index contributed by atoms with van der Waals surface area (Å²) in [6, 6.07) is 0. The highest BCUT2D eigenvalue weighted by atomic mass is 19.4. The van der Waals surface area contributed by atoms with Gasteiger partial charge in [0.2, 0.25) is 0 Å². The van der Waals surface area contributed by atoms with Crippen LogP contribution in [0.25, 0.3) is 0 Å². The predicted molar refractivity (Wildman–Crippen MR) is 44.9 cm³/mol. The fourth-order valence-corrected chi connectivity index (χ4v) is 0.891. The number of alkyl halides is 13. The summed E-state index contributed by atoms with van der Waals surface area (Å²) in [5, 5.41) is 7.86. The van der Waals surface area contributed by atoms with E-state index in [-0.39, 0.29) is 0 Å². The van der Waals surface area contributed by atoms with E-state index < -0.39 is 49.6 Å². The van der Waals surface area contributed by atoms with Gasteiger partial charge in [-0.15, -0.1) is 0 Å². The molecule has 0 saturated carbocycles. The smallest absolute Gasteiger partial charge is 0.390 e. The molecule has 0 saturated heterocycles. The molecule has 0 bridgehead atoms. The van der Waals surface area contributed by atoms with Crippen molar-refractivity contribution < 1.29 is 71.7 Å². The maximum Gasteiger partial charge on any atom is 0.458 e. The van der Waals surface area contributed by atoms with Gasteiger partial charge < -0.3 is 9.84 Å². The highest BCUT2D eigenvalue weighted by molar-refractivity contribution is 4.90. The molecule has 1 N–H and O–H groups in total. The molecule has 0 spiro atoms. The molecule has 0 radical (unpaired) electrons. The average molecular weight is 396 g/mol. The number of halogens is 13. The number of ether oxygens (including phenoxy) is 2. The summed E-state index contributed by atoms with van der Waals surface area (Å²) in [7, 11) is 0. The van der Waals surface area contributed by atoms with Crippen molar-refractivity contribution in [2.75, 3.05) is 13.2 Å². The predicted octanol–water partition coefficient (Wildman–Crippen LogP) is 3.62. The van der Waals surface area contributed by atoms with Crippen molar-refractivity contribution in [2.24, 2.45) is 0 Å². The quantitative estimate of drug-likeness (QED) is 0.669. The molecule has 0 aromatic rings. The summed E-state index contributed by atoms with van der Waals surface area (Å²) in [6.45, 7) is -6.23. The Bertz CT molecular complexity index is 428. The van der Waals surface area contributed by atoms with E-state index in [1.54, 1.807) is 4.74 Å². The maximum absolute atomic E-state index is 13.3. The van der Waals surface area contributed by atoms with Crippen LogP contribution in [0.15, 0.2) is 0 Å². The average Bonchev–Trinajstić information content (AvgIpc) is 2.33. The van der Waals surface area contributed by atoms with E-state index in [0.717, 1.165) is 0 Å². The molecule has 0 aliphatic rings. The van der Waals surface area contributed by atoms with Crippen LogP contribution >= 0.6 is 0 Å². The minimum Gasteiger partial charge on any atom is -0.390 e. The SMILES string of the molecule is OCC(F)(F)C(F)(F)OC(F)(C(F)(F)F)C(F)(F)OCC(F)(F)F. The van der Waals surface area contributed by atoms with Crippen LogP contribution in [0.5, 0.6) is 0 Å². The maximum atomic E-state index is 13.3. The van der Waals surface area contributed by atoms with Gasteiger partial charge in [-0.2, -0.15) is 57.1 Å². The van der Waals surface area contributed by atoms with Crippen molar-refractivity contribution in [1.82, 2.24) is 0 Å². The van der Waals surface area contributed by atoms with E-state index in [4.69, 9.17) is 5.11 Å². The van der Waals surface area contributed by atoms with Crippen molar-refractivity contribution in [2.45, 2.75) is 36.3 Å². The van der Waals surface area contributed by atoms with Crippen molar-refractivity contribution in [3.63, 3.8) is 0 Å². The van der Waals surface area contributed by atoms with Crippen molar-refractivity contribution in [3.05, 3.63) is 0 Å². The number of hydrogen-bond donors (Lipinski definition) is 1. The third-order valence-electron chi connectivity index (χ3n) is 2.05. The van der Waals surface area contributed by atoms with Crippen LogP contribution < -0.4 is 0 Å². The first-order valence-corrected chi connectivity index (χ1v) is 5.13. The monoisotopic (exact) mass is 396 g/mol.